The minimum absolute atomic E-state index is 0.167. The second-order valence-corrected chi connectivity index (χ2v) is 3.13. The van der Waals surface area contributed by atoms with Gasteiger partial charge in [-0.3, -0.25) is 4.79 Å². The first-order valence-corrected chi connectivity index (χ1v) is 5.24. The molecule has 0 rings (SSSR count). The SMILES string of the molecule is CCNCCOCCN(C)C(=O)CC. The summed E-state index contributed by atoms with van der Waals surface area (Å²) in [4.78, 5) is 12.8. The van der Waals surface area contributed by atoms with Crippen LogP contribution in [0.3, 0.4) is 0 Å². The predicted molar refractivity (Wildman–Crippen MR) is 57.3 cm³/mol. The van der Waals surface area contributed by atoms with E-state index in [2.05, 4.69) is 12.2 Å². The van der Waals surface area contributed by atoms with E-state index in [4.69, 9.17) is 4.74 Å². The van der Waals surface area contributed by atoms with Gasteiger partial charge in [0.25, 0.3) is 0 Å². The number of nitrogens with zero attached hydrogens (tertiary/aromatic N) is 1. The quantitative estimate of drug-likeness (QED) is 0.582. The Bertz CT molecular complexity index is 151. The van der Waals surface area contributed by atoms with Crippen molar-refractivity contribution >= 4 is 5.91 Å². The van der Waals surface area contributed by atoms with Gasteiger partial charge in [-0.05, 0) is 6.54 Å². The van der Waals surface area contributed by atoms with E-state index in [9.17, 15) is 4.79 Å². The van der Waals surface area contributed by atoms with Crippen LogP contribution in [0.1, 0.15) is 20.3 Å². The van der Waals surface area contributed by atoms with E-state index in [1.54, 1.807) is 11.9 Å². The zero-order valence-corrected chi connectivity index (χ0v) is 9.51. The molecule has 0 saturated heterocycles. The van der Waals surface area contributed by atoms with Gasteiger partial charge in [0.1, 0.15) is 0 Å². The Morgan fingerprint density at radius 1 is 1.36 bits per heavy atom. The van der Waals surface area contributed by atoms with Gasteiger partial charge < -0.3 is 15.0 Å². The minimum Gasteiger partial charge on any atom is -0.378 e. The Morgan fingerprint density at radius 2 is 2.07 bits per heavy atom. The van der Waals surface area contributed by atoms with E-state index < -0.39 is 0 Å². The van der Waals surface area contributed by atoms with Crippen LogP contribution in [0.5, 0.6) is 0 Å². The molecule has 84 valence electrons. The zero-order valence-electron chi connectivity index (χ0n) is 9.51. The van der Waals surface area contributed by atoms with Crippen LogP contribution in [-0.4, -0.2) is 50.7 Å². The molecule has 0 aromatic carbocycles. The number of hydrogen-bond acceptors (Lipinski definition) is 3. The van der Waals surface area contributed by atoms with Crippen molar-refractivity contribution in [1.82, 2.24) is 10.2 Å². The van der Waals surface area contributed by atoms with Crippen LogP contribution in [0.4, 0.5) is 0 Å². The zero-order chi connectivity index (χ0) is 10.8. The molecule has 0 aliphatic heterocycles. The lowest BCUT2D eigenvalue weighted by Crippen LogP contribution is -2.30. The number of ether oxygens (including phenoxy) is 1. The van der Waals surface area contributed by atoms with Gasteiger partial charge in [0.2, 0.25) is 5.91 Å². The Balaban J connectivity index is 3.23. The van der Waals surface area contributed by atoms with Gasteiger partial charge in [0.05, 0.1) is 13.2 Å². The Morgan fingerprint density at radius 3 is 2.64 bits per heavy atom. The number of nitrogens with one attached hydrogen (secondary N) is 1. The lowest BCUT2D eigenvalue weighted by atomic mass is 10.4. The summed E-state index contributed by atoms with van der Waals surface area (Å²) in [6, 6.07) is 0. The highest BCUT2D eigenvalue weighted by Gasteiger charge is 2.03. The predicted octanol–water partition coefficient (Wildman–Crippen LogP) is 0.481. The van der Waals surface area contributed by atoms with Crippen LogP contribution in [0.15, 0.2) is 0 Å². The molecule has 1 amide bonds. The molecule has 0 atom stereocenters. The number of carbonyl (C=O) groups is 1. The Kier molecular flexibility index (Phi) is 8.57. The first-order chi connectivity index (χ1) is 6.72. The summed E-state index contributed by atoms with van der Waals surface area (Å²) in [6.45, 7) is 7.78. The van der Waals surface area contributed by atoms with Crippen LogP contribution in [-0.2, 0) is 9.53 Å². The molecule has 0 saturated carbocycles. The van der Waals surface area contributed by atoms with Gasteiger partial charge in [0.15, 0.2) is 0 Å². The van der Waals surface area contributed by atoms with Crippen molar-refractivity contribution in [2.75, 3.05) is 39.9 Å². The molecule has 0 aliphatic carbocycles. The van der Waals surface area contributed by atoms with Crippen molar-refractivity contribution in [3.63, 3.8) is 0 Å². The first-order valence-electron chi connectivity index (χ1n) is 5.24. The molecule has 0 aromatic rings. The second-order valence-electron chi connectivity index (χ2n) is 3.13. The maximum absolute atomic E-state index is 11.1. The highest BCUT2D eigenvalue weighted by molar-refractivity contribution is 5.75. The van der Waals surface area contributed by atoms with E-state index in [1.807, 2.05) is 6.92 Å². The van der Waals surface area contributed by atoms with Crippen molar-refractivity contribution in [1.29, 1.82) is 0 Å². The molecular weight excluding hydrogens is 180 g/mol. The summed E-state index contributed by atoms with van der Waals surface area (Å²) in [6.07, 6.45) is 0.563. The fourth-order valence-corrected chi connectivity index (χ4v) is 1.02. The highest BCUT2D eigenvalue weighted by Crippen LogP contribution is 1.89. The van der Waals surface area contributed by atoms with Gasteiger partial charge in [-0.15, -0.1) is 0 Å². The number of carbonyl (C=O) groups excluding carboxylic acids is 1. The number of rotatable bonds is 8. The van der Waals surface area contributed by atoms with Crippen molar-refractivity contribution in [3.05, 3.63) is 0 Å². The summed E-state index contributed by atoms with van der Waals surface area (Å²) >= 11 is 0. The normalized spacial score (nSPS) is 10.2. The molecule has 4 heteroatoms. The van der Waals surface area contributed by atoms with E-state index in [0.29, 0.717) is 26.2 Å². The third-order valence-corrected chi connectivity index (χ3v) is 1.97. The van der Waals surface area contributed by atoms with Crippen LogP contribution in [0.25, 0.3) is 0 Å². The van der Waals surface area contributed by atoms with Gasteiger partial charge in [-0.2, -0.15) is 0 Å². The molecule has 0 heterocycles. The molecule has 0 aliphatic rings. The maximum atomic E-state index is 11.1. The number of likely N-dealkylation sites (N-methyl/N-ethyl adjacent to an activating group) is 2. The lowest BCUT2D eigenvalue weighted by molar-refractivity contribution is -0.130. The summed E-state index contributed by atoms with van der Waals surface area (Å²) in [7, 11) is 1.81. The van der Waals surface area contributed by atoms with Gasteiger partial charge in [-0.25, -0.2) is 0 Å². The fourth-order valence-electron chi connectivity index (χ4n) is 1.02. The molecule has 14 heavy (non-hydrogen) atoms. The minimum atomic E-state index is 0.167. The van der Waals surface area contributed by atoms with E-state index in [0.717, 1.165) is 13.1 Å². The molecule has 1 N–H and O–H groups in total. The largest absolute Gasteiger partial charge is 0.378 e. The maximum Gasteiger partial charge on any atom is 0.222 e. The molecular formula is C10H22N2O2. The molecule has 0 radical (unpaired) electrons. The molecule has 0 spiro atoms. The summed E-state index contributed by atoms with van der Waals surface area (Å²) in [5.74, 6) is 0.167. The lowest BCUT2D eigenvalue weighted by Gasteiger charge is -2.15. The molecule has 0 bridgehead atoms. The van der Waals surface area contributed by atoms with Crippen molar-refractivity contribution in [2.24, 2.45) is 0 Å². The summed E-state index contributed by atoms with van der Waals surface area (Å²) in [5, 5.41) is 3.16. The smallest absolute Gasteiger partial charge is 0.222 e. The average molecular weight is 202 g/mol. The molecule has 4 nitrogen and oxygen atoms in total. The second kappa shape index (κ2) is 8.97. The van der Waals surface area contributed by atoms with E-state index >= 15 is 0 Å². The Labute approximate surface area is 86.6 Å². The van der Waals surface area contributed by atoms with Crippen LogP contribution in [0, 0.1) is 0 Å². The summed E-state index contributed by atoms with van der Waals surface area (Å²) < 4.78 is 5.34. The fraction of sp³-hybridized carbons (Fsp3) is 0.900. The van der Waals surface area contributed by atoms with Gasteiger partial charge in [-0.1, -0.05) is 13.8 Å². The third kappa shape index (κ3) is 6.86. The van der Waals surface area contributed by atoms with E-state index in [-0.39, 0.29) is 5.91 Å². The van der Waals surface area contributed by atoms with E-state index in [1.165, 1.54) is 0 Å². The van der Waals surface area contributed by atoms with Crippen molar-refractivity contribution in [2.45, 2.75) is 20.3 Å². The van der Waals surface area contributed by atoms with Gasteiger partial charge in [0, 0.05) is 26.6 Å². The molecule has 0 fully saturated rings. The topological polar surface area (TPSA) is 41.6 Å². The average Bonchev–Trinajstić information content (AvgIpc) is 2.21. The van der Waals surface area contributed by atoms with Crippen molar-refractivity contribution < 1.29 is 9.53 Å². The summed E-state index contributed by atoms with van der Waals surface area (Å²) in [5.41, 5.74) is 0. The molecule has 0 unspecified atom stereocenters. The Hall–Kier alpha value is -0.610. The van der Waals surface area contributed by atoms with Crippen LogP contribution < -0.4 is 5.32 Å². The monoisotopic (exact) mass is 202 g/mol. The number of hydrogen-bond donors (Lipinski definition) is 1. The first kappa shape index (κ1) is 13.4. The molecule has 0 aromatic heterocycles. The van der Waals surface area contributed by atoms with Gasteiger partial charge >= 0.3 is 0 Å². The van der Waals surface area contributed by atoms with Crippen LogP contribution >= 0.6 is 0 Å². The third-order valence-electron chi connectivity index (χ3n) is 1.97. The standard InChI is InChI=1S/C10H22N2O2/c1-4-10(13)12(3)7-9-14-8-6-11-5-2/h11H,4-9H2,1-3H3. The number of amides is 1. The van der Waals surface area contributed by atoms with Crippen LogP contribution in [0.2, 0.25) is 0 Å². The van der Waals surface area contributed by atoms with Crippen molar-refractivity contribution in [3.8, 4) is 0 Å². The highest BCUT2D eigenvalue weighted by atomic mass is 16.5.